The summed E-state index contributed by atoms with van der Waals surface area (Å²) >= 11 is 0. The lowest BCUT2D eigenvalue weighted by Crippen LogP contribution is -2.54. The first kappa shape index (κ1) is 17.5. The van der Waals surface area contributed by atoms with Crippen molar-refractivity contribution in [3.63, 3.8) is 0 Å². The molecule has 6 nitrogen and oxygen atoms in total. The molecule has 2 aliphatic heterocycles. The number of ether oxygens (including phenoxy) is 2. The molecule has 0 aromatic carbocycles. The molecule has 0 spiro atoms. The Hall–Kier alpha value is -0.850. The van der Waals surface area contributed by atoms with E-state index < -0.39 is 5.60 Å². The van der Waals surface area contributed by atoms with E-state index in [-0.39, 0.29) is 6.09 Å². The highest BCUT2D eigenvalue weighted by atomic mass is 16.6. The Morgan fingerprint density at radius 3 is 2.41 bits per heavy atom. The van der Waals surface area contributed by atoms with Crippen LogP contribution in [0.4, 0.5) is 4.79 Å². The number of morpholine rings is 1. The summed E-state index contributed by atoms with van der Waals surface area (Å²) in [7, 11) is 0. The van der Waals surface area contributed by atoms with Gasteiger partial charge in [-0.15, -0.1) is 0 Å². The van der Waals surface area contributed by atoms with Gasteiger partial charge in [-0.05, 0) is 27.3 Å². The molecule has 22 heavy (non-hydrogen) atoms. The quantitative estimate of drug-likeness (QED) is 0.785. The summed E-state index contributed by atoms with van der Waals surface area (Å²) in [5.74, 6) is 0. The number of hydrogen-bond donors (Lipinski definition) is 0. The number of nitrogens with zero attached hydrogens (tertiary/aromatic N) is 3. The Labute approximate surface area is 134 Å². The monoisotopic (exact) mass is 313 g/mol. The lowest BCUT2D eigenvalue weighted by Gasteiger charge is -2.39. The first-order valence-electron chi connectivity index (χ1n) is 8.41. The predicted octanol–water partition coefficient (Wildman–Crippen LogP) is 1.26. The van der Waals surface area contributed by atoms with Crippen molar-refractivity contribution in [1.82, 2.24) is 14.7 Å². The molecule has 128 valence electrons. The fourth-order valence-corrected chi connectivity index (χ4v) is 2.91. The molecule has 2 aliphatic rings. The van der Waals surface area contributed by atoms with E-state index in [1.54, 1.807) is 0 Å². The van der Waals surface area contributed by atoms with Crippen molar-refractivity contribution in [3.05, 3.63) is 0 Å². The average Bonchev–Trinajstić information content (AvgIpc) is 2.46. The Morgan fingerprint density at radius 2 is 1.82 bits per heavy atom. The molecule has 0 radical (unpaired) electrons. The maximum absolute atomic E-state index is 12.0. The Bertz CT molecular complexity index is 362. The second-order valence-electron chi connectivity index (χ2n) is 7.15. The van der Waals surface area contributed by atoms with Gasteiger partial charge < -0.3 is 14.4 Å². The topological polar surface area (TPSA) is 45.2 Å². The molecule has 1 amide bonds. The summed E-state index contributed by atoms with van der Waals surface area (Å²) in [6.45, 7) is 16.1. The maximum atomic E-state index is 12.0. The van der Waals surface area contributed by atoms with Crippen LogP contribution in [-0.2, 0) is 9.47 Å². The molecule has 0 aromatic heterocycles. The van der Waals surface area contributed by atoms with Gasteiger partial charge in [0.15, 0.2) is 0 Å². The summed E-state index contributed by atoms with van der Waals surface area (Å²) in [6, 6.07) is 0. The molecule has 2 heterocycles. The van der Waals surface area contributed by atoms with E-state index in [1.165, 1.54) is 0 Å². The van der Waals surface area contributed by atoms with Crippen LogP contribution in [0.15, 0.2) is 0 Å². The average molecular weight is 313 g/mol. The van der Waals surface area contributed by atoms with Crippen LogP contribution in [0.3, 0.4) is 0 Å². The van der Waals surface area contributed by atoms with Crippen LogP contribution in [0.1, 0.15) is 27.7 Å². The number of amides is 1. The fourth-order valence-electron chi connectivity index (χ4n) is 2.91. The summed E-state index contributed by atoms with van der Waals surface area (Å²) in [4.78, 5) is 18.7. The molecule has 0 N–H and O–H groups in total. The van der Waals surface area contributed by atoms with Gasteiger partial charge in [-0.2, -0.15) is 0 Å². The van der Waals surface area contributed by atoms with Gasteiger partial charge in [-0.3, -0.25) is 9.80 Å². The van der Waals surface area contributed by atoms with E-state index in [9.17, 15) is 4.79 Å². The van der Waals surface area contributed by atoms with Crippen molar-refractivity contribution in [1.29, 1.82) is 0 Å². The number of piperazine rings is 1. The van der Waals surface area contributed by atoms with Gasteiger partial charge in [0.1, 0.15) is 5.60 Å². The van der Waals surface area contributed by atoms with Gasteiger partial charge in [0.05, 0.1) is 12.7 Å². The van der Waals surface area contributed by atoms with Crippen molar-refractivity contribution < 1.29 is 14.3 Å². The molecular weight excluding hydrogens is 282 g/mol. The van der Waals surface area contributed by atoms with E-state index in [1.807, 2.05) is 25.7 Å². The summed E-state index contributed by atoms with van der Waals surface area (Å²) in [5.41, 5.74) is -0.423. The number of carbonyl (C=O) groups excluding carboxylic acids is 1. The second-order valence-corrected chi connectivity index (χ2v) is 7.15. The molecule has 6 heteroatoms. The Morgan fingerprint density at radius 1 is 1.14 bits per heavy atom. The smallest absolute Gasteiger partial charge is 0.410 e. The summed E-state index contributed by atoms with van der Waals surface area (Å²) < 4.78 is 11.3. The second kappa shape index (κ2) is 7.62. The lowest BCUT2D eigenvalue weighted by atomic mass is 10.2. The van der Waals surface area contributed by atoms with E-state index in [2.05, 4.69) is 16.7 Å². The maximum Gasteiger partial charge on any atom is 0.410 e. The van der Waals surface area contributed by atoms with Crippen molar-refractivity contribution in [3.8, 4) is 0 Å². The van der Waals surface area contributed by atoms with Crippen molar-refractivity contribution in [2.24, 2.45) is 0 Å². The van der Waals surface area contributed by atoms with Crippen LogP contribution >= 0.6 is 0 Å². The molecule has 0 aliphatic carbocycles. The third-order valence-electron chi connectivity index (χ3n) is 4.16. The standard InChI is InChI=1S/C16H31N3O3/c1-5-17-10-11-21-14(12-17)13-18-6-8-19(9-7-18)15(20)22-16(2,3)4/h14H,5-13H2,1-4H3/t14-/m0/s1. The zero-order valence-corrected chi connectivity index (χ0v) is 14.5. The number of likely N-dealkylation sites (N-methyl/N-ethyl adjacent to an activating group) is 1. The van der Waals surface area contributed by atoms with Crippen LogP contribution in [0.5, 0.6) is 0 Å². The van der Waals surface area contributed by atoms with Crippen molar-refractivity contribution in [2.45, 2.75) is 39.4 Å². The molecule has 0 bridgehead atoms. The Balaban J connectivity index is 1.72. The minimum Gasteiger partial charge on any atom is -0.444 e. The van der Waals surface area contributed by atoms with Gasteiger partial charge in [0.25, 0.3) is 0 Å². The molecule has 0 saturated carbocycles. The minimum atomic E-state index is -0.423. The van der Waals surface area contributed by atoms with E-state index in [0.717, 1.165) is 59.0 Å². The third kappa shape index (κ3) is 5.41. The van der Waals surface area contributed by atoms with Crippen LogP contribution in [-0.4, -0.2) is 91.5 Å². The number of carbonyl (C=O) groups is 1. The molecule has 2 rings (SSSR count). The summed E-state index contributed by atoms with van der Waals surface area (Å²) in [5, 5.41) is 0. The van der Waals surface area contributed by atoms with Crippen molar-refractivity contribution >= 4 is 6.09 Å². The molecule has 0 aromatic rings. The van der Waals surface area contributed by atoms with E-state index in [0.29, 0.717) is 6.10 Å². The molecular formula is C16H31N3O3. The van der Waals surface area contributed by atoms with Gasteiger partial charge in [-0.1, -0.05) is 6.92 Å². The minimum absolute atomic E-state index is 0.196. The highest BCUT2D eigenvalue weighted by Crippen LogP contribution is 2.13. The zero-order valence-electron chi connectivity index (χ0n) is 14.5. The van der Waals surface area contributed by atoms with E-state index >= 15 is 0 Å². The summed E-state index contributed by atoms with van der Waals surface area (Å²) in [6.07, 6.45) is 0.0972. The molecule has 2 saturated heterocycles. The first-order valence-corrected chi connectivity index (χ1v) is 8.41. The highest BCUT2D eigenvalue weighted by Gasteiger charge is 2.28. The lowest BCUT2D eigenvalue weighted by molar-refractivity contribution is -0.0477. The van der Waals surface area contributed by atoms with Crippen molar-refractivity contribution in [2.75, 3.05) is 59.0 Å². The van der Waals surface area contributed by atoms with E-state index in [4.69, 9.17) is 9.47 Å². The Kier molecular flexibility index (Phi) is 6.06. The van der Waals surface area contributed by atoms with Gasteiger partial charge >= 0.3 is 6.09 Å². The first-order chi connectivity index (χ1) is 10.4. The van der Waals surface area contributed by atoms with Gasteiger partial charge in [-0.25, -0.2) is 4.79 Å². The van der Waals surface area contributed by atoms with Crippen LogP contribution in [0, 0.1) is 0 Å². The third-order valence-corrected chi connectivity index (χ3v) is 4.16. The van der Waals surface area contributed by atoms with Crippen LogP contribution < -0.4 is 0 Å². The van der Waals surface area contributed by atoms with Crippen LogP contribution in [0.25, 0.3) is 0 Å². The van der Waals surface area contributed by atoms with Crippen LogP contribution in [0.2, 0.25) is 0 Å². The molecule has 0 unspecified atom stereocenters. The highest BCUT2D eigenvalue weighted by molar-refractivity contribution is 5.68. The number of hydrogen-bond acceptors (Lipinski definition) is 5. The fraction of sp³-hybridized carbons (Fsp3) is 0.938. The van der Waals surface area contributed by atoms with Gasteiger partial charge in [0.2, 0.25) is 0 Å². The normalized spacial score (nSPS) is 25.3. The zero-order chi connectivity index (χ0) is 16.2. The largest absolute Gasteiger partial charge is 0.444 e. The van der Waals surface area contributed by atoms with Gasteiger partial charge in [0, 0.05) is 45.8 Å². The molecule has 2 fully saturated rings. The SMILES string of the molecule is CCN1CCO[C@H](CN2CCN(C(=O)OC(C)(C)C)CC2)C1. The predicted molar refractivity (Wildman–Crippen MR) is 86.1 cm³/mol. The molecule has 1 atom stereocenters. The number of rotatable bonds is 3.